The summed E-state index contributed by atoms with van der Waals surface area (Å²) < 4.78 is 47.8. The second kappa shape index (κ2) is 9.63. The molecule has 0 aliphatic rings. The molecule has 0 saturated carbocycles. The van der Waals surface area contributed by atoms with Gasteiger partial charge in [0, 0.05) is 24.4 Å². The molecule has 0 fully saturated rings. The van der Waals surface area contributed by atoms with E-state index < -0.39 is 28.2 Å². The number of hydrogen-bond donors (Lipinski definition) is 2. The van der Waals surface area contributed by atoms with Crippen molar-refractivity contribution >= 4 is 52.5 Å². The summed E-state index contributed by atoms with van der Waals surface area (Å²) in [7, 11) is 1.46. The molecule has 0 aliphatic heterocycles. The first-order chi connectivity index (χ1) is 13.9. The summed E-state index contributed by atoms with van der Waals surface area (Å²) in [6.07, 6.45) is -5.83. The number of amides is 2. The number of anilines is 1. The quantitative estimate of drug-likeness (QED) is 0.527. The van der Waals surface area contributed by atoms with Crippen LogP contribution in [0.4, 0.5) is 23.7 Å². The van der Waals surface area contributed by atoms with Crippen molar-refractivity contribution in [2.24, 2.45) is 0 Å². The van der Waals surface area contributed by atoms with Crippen LogP contribution in [0.1, 0.15) is 15.9 Å². The lowest BCUT2D eigenvalue weighted by molar-refractivity contribution is -0.137. The third-order valence-corrected chi connectivity index (χ3v) is 3.75. The second-order valence-corrected chi connectivity index (χ2v) is 8.28. The van der Waals surface area contributed by atoms with Crippen LogP contribution in [0.2, 0.25) is 0 Å². The van der Waals surface area contributed by atoms with E-state index in [-0.39, 0.29) is 23.1 Å². The topological polar surface area (TPSA) is 76.7 Å². The van der Waals surface area contributed by atoms with Crippen LogP contribution >= 0.6 is 34.8 Å². The van der Waals surface area contributed by atoms with Crippen LogP contribution in [-0.2, 0) is 10.9 Å². The summed E-state index contributed by atoms with van der Waals surface area (Å²) in [4.78, 5) is 23.3. The molecule has 0 atom stereocenters. The molecule has 0 saturated heterocycles. The minimum absolute atomic E-state index is 0.173. The third-order valence-electron chi connectivity index (χ3n) is 3.43. The summed E-state index contributed by atoms with van der Waals surface area (Å²) in [5.74, 6) is -0.374. The molecule has 0 spiro atoms. The van der Waals surface area contributed by atoms with Crippen LogP contribution in [0.3, 0.4) is 0 Å². The van der Waals surface area contributed by atoms with Gasteiger partial charge in [-0.05, 0) is 36.4 Å². The zero-order valence-corrected chi connectivity index (χ0v) is 17.4. The van der Waals surface area contributed by atoms with Gasteiger partial charge in [-0.3, -0.25) is 10.1 Å². The standard InChI is InChI=1S/C18H14Cl3F3N2O4/c1-25-15(27)10-2-4-13(5-3-10)30-14-7-11(18(22,23)24)6-12(8-14)26-16(28)29-9-17(19,20)21/h2-8H,9H2,1H3,(H,25,27)(H,26,28). The molecule has 12 heteroatoms. The van der Waals surface area contributed by atoms with E-state index in [0.29, 0.717) is 11.6 Å². The number of benzene rings is 2. The number of ether oxygens (including phenoxy) is 2. The predicted molar refractivity (Wildman–Crippen MR) is 107 cm³/mol. The van der Waals surface area contributed by atoms with E-state index in [0.717, 1.165) is 12.1 Å². The van der Waals surface area contributed by atoms with Crippen molar-refractivity contribution in [3.8, 4) is 11.5 Å². The van der Waals surface area contributed by atoms with E-state index in [4.69, 9.17) is 39.5 Å². The van der Waals surface area contributed by atoms with Crippen molar-refractivity contribution in [2.75, 3.05) is 19.0 Å². The van der Waals surface area contributed by atoms with Gasteiger partial charge in [0.1, 0.15) is 18.1 Å². The maximum Gasteiger partial charge on any atom is 0.416 e. The largest absolute Gasteiger partial charge is 0.457 e. The fourth-order valence-electron chi connectivity index (χ4n) is 2.15. The second-order valence-electron chi connectivity index (χ2n) is 5.77. The smallest absolute Gasteiger partial charge is 0.416 e. The highest BCUT2D eigenvalue weighted by atomic mass is 35.6. The molecule has 2 N–H and O–H groups in total. The lowest BCUT2D eigenvalue weighted by Gasteiger charge is -2.15. The summed E-state index contributed by atoms with van der Waals surface area (Å²) in [5.41, 5.74) is -0.984. The zero-order valence-electron chi connectivity index (χ0n) is 15.1. The lowest BCUT2D eigenvalue weighted by Crippen LogP contribution is -2.21. The number of hydrogen-bond acceptors (Lipinski definition) is 4. The molecule has 2 aromatic carbocycles. The zero-order chi connectivity index (χ0) is 22.5. The number of nitrogens with one attached hydrogen (secondary N) is 2. The molecular formula is C18H14Cl3F3N2O4. The van der Waals surface area contributed by atoms with Gasteiger partial charge in [0.25, 0.3) is 5.91 Å². The van der Waals surface area contributed by atoms with Crippen LogP contribution < -0.4 is 15.4 Å². The predicted octanol–water partition coefficient (Wildman–Crippen LogP) is 5.78. The molecule has 0 aliphatic carbocycles. The maximum absolute atomic E-state index is 13.2. The Morgan fingerprint density at radius 3 is 2.17 bits per heavy atom. The minimum atomic E-state index is -4.71. The van der Waals surface area contributed by atoms with Crippen molar-refractivity contribution < 1.29 is 32.2 Å². The van der Waals surface area contributed by atoms with Gasteiger partial charge < -0.3 is 14.8 Å². The van der Waals surface area contributed by atoms with Gasteiger partial charge in [-0.2, -0.15) is 13.2 Å². The fourth-order valence-corrected chi connectivity index (χ4v) is 2.31. The Morgan fingerprint density at radius 2 is 1.63 bits per heavy atom. The molecule has 162 valence electrons. The van der Waals surface area contributed by atoms with Gasteiger partial charge in [0.05, 0.1) is 5.56 Å². The van der Waals surface area contributed by atoms with E-state index in [1.165, 1.54) is 31.3 Å². The van der Waals surface area contributed by atoms with Gasteiger partial charge in [-0.25, -0.2) is 4.79 Å². The molecule has 0 aromatic heterocycles. The number of alkyl halides is 6. The summed E-state index contributed by atoms with van der Waals surface area (Å²) in [6.45, 7) is -0.608. The molecule has 0 heterocycles. The van der Waals surface area contributed by atoms with Crippen molar-refractivity contribution in [1.29, 1.82) is 0 Å². The number of carbonyl (C=O) groups is 2. The normalized spacial score (nSPS) is 11.6. The van der Waals surface area contributed by atoms with E-state index in [2.05, 4.69) is 15.4 Å². The first kappa shape index (κ1) is 23.9. The lowest BCUT2D eigenvalue weighted by atomic mass is 10.1. The summed E-state index contributed by atoms with van der Waals surface area (Å²) >= 11 is 16.4. The van der Waals surface area contributed by atoms with Gasteiger partial charge >= 0.3 is 12.3 Å². The Morgan fingerprint density at radius 1 is 1.00 bits per heavy atom. The highest BCUT2D eigenvalue weighted by Crippen LogP contribution is 2.36. The van der Waals surface area contributed by atoms with E-state index in [1.807, 2.05) is 0 Å². The molecule has 2 amide bonds. The van der Waals surface area contributed by atoms with Crippen LogP contribution in [0.25, 0.3) is 0 Å². The first-order valence-electron chi connectivity index (χ1n) is 8.10. The minimum Gasteiger partial charge on any atom is -0.457 e. The molecule has 6 nitrogen and oxygen atoms in total. The molecule has 0 bridgehead atoms. The number of halogens is 6. The van der Waals surface area contributed by atoms with Crippen LogP contribution in [-0.4, -0.2) is 29.4 Å². The Kier molecular flexibility index (Phi) is 7.68. The SMILES string of the molecule is CNC(=O)c1ccc(Oc2cc(NC(=O)OCC(Cl)(Cl)Cl)cc(C(F)(F)F)c2)cc1. The van der Waals surface area contributed by atoms with E-state index in [9.17, 15) is 22.8 Å². The van der Waals surface area contributed by atoms with E-state index >= 15 is 0 Å². The first-order valence-corrected chi connectivity index (χ1v) is 9.23. The molecule has 2 rings (SSSR count). The maximum atomic E-state index is 13.2. The average Bonchev–Trinajstić information content (AvgIpc) is 2.65. The molecular weight excluding hydrogens is 472 g/mol. The van der Waals surface area contributed by atoms with Crippen molar-refractivity contribution in [3.05, 3.63) is 53.6 Å². The Labute approximate surface area is 184 Å². The van der Waals surface area contributed by atoms with Crippen LogP contribution in [0, 0.1) is 0 Å². The van der Waals surface area contributed by atoms with Crippen molar-refractivity contribution in [2.45, 2.75) is 9.97 Å². The van der Waals surface area contributed by atoms with Gasteiger partial charge in [0.15, 0.2) is 0 Å². The fraction of sp³-hybridized carbons (Fsp3) is 0.222. The summed E-state index contributed by atoms with van der Waals surface area (Å²) in [6, 6.07) is 8.30. The Hall–Kier alpha value is -2.36. The number of carbonyl (C=O) groups excluding carboxylic acids is 2. The Balaban J connectivity index is 2.23. The van der Waals surface area contributed by atoms with Gasteiger partial charge in [0.2, 0.25) is 3.79 Å². The molecule has 0 unspecified atom stereocenters. The highest BCUT2D eigenvalue weighted by Gasteiger charge is 2.32. The average molecular weight is 486 g/mol. The van der Waals surface area contributed by atoms with Gasteiger partial charge in [-0.1, -0.05) is 34.8 Å². The molecule has 30 heavy (non-hydrogen) atoms. The molecule has 2 aromatic rings. The monoisotopic (exact) mass is 484 g/mol. The number of rotatable bonds is 5. The highest BCUT2D eigenvalue weighted by molar-refractivity contribution is 6.67. The van der Waals surface area contributed by atoms with Crippen molar-refractivity contribution in [1.82, 2.24) is 5.32 Å². The summed E-state index contributed by atoms with van der Waals surface area (Å²) in [5, 5.41) is 4.55. The Bertz CT molecular complexity index is 916. The third kappa shape index (κ3) is 7.47. The molecule has 0 radical (unpaired) electrons. The van der Waals surface area contributed by atoms with Crippen LogP contribution in [0.15, 0.2) is 42.5 Å². The van der Waals surface area contributed by atoms with E-state index in [1.54, 1.807) is 0 Å². The van der Waals surface area contributed by atoms with Crippen LogP contribution in [0.5, 0.6) is 11.5 Å². The van der Waals surface area contributed by atoms with Crippen molar-refractivity contribution in [3.63, 3.8) is 0 Å². The van der Waals surface area contributed by atoms with Gasteiger partial charge in [-0.15, -0.1) is 0 Å².